The van der Waals surface area contributed by atoms with Crippen molar-refractivity contribution < 1.29 is 37.3 Å². The average molecular weight is 432 g/mol. The van der Waals surface area contributed by atoms with Gasteiger partial charge in [0.1, 0.15) is 0 Å². The molecular formula is C20H27F3N2O5. The monoisotopic (exact) mass is 432 g/mol. The fourth-order valence-electron chi connectivity index (χ4n) is 3.86. The summed E-state index contributed by atoms with van der Waals surface area (Å²) in [6, 6.07) is 4.54. The lowest BCUT2D eigenvalue weighted by Gasteiger charge is -2.39. The first-order valence-electron chi connectivity index (χ1n) is 10.0. The Kier molecular flexibility index (Phi) is 7.54. The van der Waals surface area contributed by atoms with Crippen LogP contribution in [0.3, 0.4) is 0 Å². The normalized spacial score (nSPS) is 26.5. The maximum atomic E-state index is 10.6. The fourth-order valence-corrected chi connectivity index (χ4v) is 3.86. The molecule has 0 radical (unpaired) electrons. The van der Waals surface area contributed by atoms with E-state index in [1.165, 1.54) is 12.8 Å². The molecule has 0 bridgehead atoms. The molecule has 1 saturated heterocycles. The number of carboxylic acid groups (broad SMARTS) is 1. The summed E-state index contributed by atoms with van der Waals surface area (Å²) in [5.41, 5.74) is 1.15. The Morgan fingerprint density at radius 2 is 2.07 bits per heavy atom. The number of alkyl halides is 3. The molecule has 10 heteroatoms. The van der Waals surface area contributed by atoms with E-state index in [1.54, 1.807) is 13.3 Å². The summed E-state index contributed by atoms with van der Waals surface area (Å²) < 4.78 is 49.4. The highest BCUT2D eigenvalue weighted by atomic mass is 19.4. The Morgan fingerprint density at radius 1 is 1.33 bits per heavy atom. The molecule has 7 nitrogen and oxygen atoms in total. The van der Waals surface area contributed by atoms with Crippen LogP contribution in [-0.2, 0) is 20.8 Å². The number of hydrogen-bond donors (Lipinski definition) is 1. The second-order valence-corrected chi connectivity index (χ2v) is 7.74. The number of aliphatic carboxylic acids is 1. The molecule has 0 aromatic carbocycles. The molecule has 3 atom stereocenters. The minimum atomic E-state index is -5.08. The Balaban J connectivity index is 0.000000318. The van der Waals surface area contributed by atoms with Gasteiger partial charge in [-0.05, 0) is 37.7 Å². The van der Waals surface area contributed by atoms with Crippen molar-refractivity contribution >= 4 is 5.97 Å². The van der Waals surface area contributed by atoms with Crippen molar-refractivity contribution in [3.8, 4) is 5.88 Å². The van der Waals surface area contributed by atoms with E-state index in [1.807, 2.05) is 6.07 Å². The number of methoxy groups -OCH3 is 1. The summed E-state index contributed by atoms with van der Waals surface area (Å²) in [7, 11) is 1.69. The molecule has 0 amide bonds. The van der Waals surface area contributed by atoms with Gasteiger partial charge < -0.3 is 19.3 Å². The Bertz CT molecular complexity index is 714. The van der Waals surface area contributed by atoms with Crippen LogP contribution in [0, 0.1) is 5.92 Å². The molecule has 3 fully saturated rings. The second kappa shape index (κ2) is 9.93. The number of nitrogens with zero attached hydrogens (tertiary/aromatic N) is 2. The minimum Gasteiger partial charge on any atom is -0.481 e. The Morgan fingerprint density at radius 3 is 2.70 bits per heavy atom. The first-order valence-corrected chi connectivity index (χ1v) is 10.0. The van der Waals surface area contributed by atoms with Gasteiger partial charge in [0.2, 0.25) is 5.88 Å². The first kappa shape index (κ1) is 22.8. The molecule has 2 saturated carbocycles. The van der Waals surface area contributed by atoms with E-state index >= 15 is 0 Å². The van der Waals surface area contributed by atoms with Crippen molar-refractivity contribution in [1.29, 1.82) is 0 Å². The number of halogens is 3. The van der Waals surface area contributed by atoms with Crippen molar-refractivity contribution in [2.24, 2.45) is 5.92 Å². The molecule has 168 valence electrons. The summed E-state index contributed by atoms with van der Waals surface area (Å²) in [4.78, 5) is 15.7. The number of hydrogen-bond acceptors (Lipinski definition) is 6. The smallest absolute Gasteiger partial charge is 0.481 e. The fraction of sp³-hybridized carbons (Fsp3) is 0.700. The summed E-state index contributed by atoms with van der Waals surface area (Å²) in [6.07, 6.45) is 2.15. The highest BCUT2D eigenvalue weighted by Crippen LogP contribution is 2.36. The third-order valence-corrected chi connectivity index (χ3v) is 5.55. The van der Waals surface area contributed by atoms with Crippen LogP contribution < -0.4 is 4.74 Å². The maximum absolute atomic E-state index is 10.6. The van der Waals surface area contributed by atoms with Gasteiger partial charge in [0, 0.05) is 37.5 Å². The number of carbonyl (C=O) groups is 1. The van der Waals surface area contributed by atoms with Crippen LogP contribution in [0.5, 0.6) is 5.88 Å². The maximum Gasteiger partial charge on any atom is 0.490 e. The number of pyridine rings is 1. The van der Waals surface area contributed by atoms with Crippen LogP contribution >= 0.6 is 0 Å². The van der Waals surface area contributed by atoms with E-state index in [4.69, 9.17) is 24.1 Å². The summed E-state index contributed by atoms with van der Waals surface area (Å²) in [5.74, 6) is -1.21. The van der Waals surface area contributed by atoms with Crippen LogP contribution in [-0.4, -0.2) is 72.3 Å². The number of ether oxygens (including phenoxy) is 3. The summed E-state index contributed by atoms with van der Waals surface area (Å²) >= 11 is 0. The molecule has 1 aromatic rings. The van der Waals surface area contributed by atoms with Crippen LogP contribution in [0.15, 0.2) is 18.3 Å². The SMILES string of the molecule is COc1ncccc1CN1CCO[C@H]2[C@@H](OCC3CC3)CC[C@@H]21.O=C(O)C(F)(F)F. The van der Waals surface area contributed by atoms with E-state index in [-0.39, 0.29) is 12.2 Å². The van der Waals surface area contributed by atoms with E-state index in [0.717, 1.165) is 56.5 Å². The first-order chi connectivity index (χ1) is 14.3. The van der Waals surface area contributed by atoms with Crippen molar-refractivity contribution in [1.82, 2.24) is 9.88 Å². The lowest BCUT2D eigenvalue weighted by molar-refractivity contribution is -0.192. The molecule has 3 aliphatic rings. The number of rotatable bonds is 6. The van der Waals surface area contributed by atoms with Gasteiger partial charge in [-0.25, -0.2) is 9.78 Å². The number of morpholine rings is 1. The zero-order valence-corrected chi connectivity index (χ0v) is 16.8. The molecule has 0 unspecified atom stereocenters. The van der Waals surface area contributed by atoms with E-state index in [2.05, 4.69) is 16.0 Å². The summed E-state index contributed by atoms with van der Waals surface area (Å²) in [5, 5.41) is 7.12. The molecule has 0 spiro atoms. The van der Waals surface area contributed by atoms with Crippen LogP contribution in [0.25, 0.3) is 0 Å². The predicted molar refractivity (Wildman–Crippen MR) is 100 cm³/mol. The van der Waals surface area contributed by atoms with Gasteiger partial charge in [-0.15, -0.1) is 0 Å². The molecule has 30 heavy (non-hydrogen) atoms. The Hall–Kier alpha value is -1.91. The zero-order valence-electron chi connectivity index (χ0n) is 16.8. The van der Waals surface area contributed by atoms with Crippen molar-refractivity contribution in [3.63, 3.8) is 0 Å². The third kappa shape index (κ3) is 6.05. The van der Waals surface area contributed by atoms with Gasteiger partial charge in [0.05, 0.1) is 25.9 Å². The Labute approximate surface area is 173 Å². The lowest BCUT2D eigenvalue weighted by Crippen LogP contribution is -2.51. The molecule has 1 N–H and O–H groups in total. The van der Waals surface area contributed by atoms with Crippen LogP contribution in [0.4, 0.5) is 13.2 Å². The lowest BCUT2D eigenvalue weighted by atomic mass is 10.1. The number of aromatic nitrogens is 1. The molecule has 1 aliphatic heterocycles. The van der Waals surface area contributed by atoms with E-state index < -0.39 is 12.1 Å². The standard InChI is InChI=1S/C18H26N2O3.C2HF3O2/c1-21-18-14(3-2-8-19-18)11-20-9-10-22-17-15(20)6-7-16(17)23-12-13-4-5-13;3-2(4,5)1(6)7/h2-3,8,13,15-17H,4-7,9-12H2,1H3;(H,6,7)/t15-,16-,17+;/m0./s1. The highest BCUT2D eigenvalue weighted by Gasteiger charge is 2.44. The van der Waals surface area contributed by atoms with Crippen molar-refractivity contribution in [3.05, 3.63) is 23.9 Å². The van der Waals surface area contributed by atoms with Gasteiger partial charge in [-0.2, -0.15) is 13.2 Å². The van der Waals surface area contributed by atoms with Gasteiger partial charge in [0.25, 0.3) is 0 Å². The van der Waals surface area contributed by atoms with Gasteiger partial charge in [-0.1, -0.05) is 6.07 Å². The van der Waals surface area contributed by atoms with Crippen molar-refractivity contribution in [2.75, 3.05) is 26.9 Å². The van der Waals surface area contributed by atoms with Crippen molar-refractivity contribution in [2.45, 2.75) is 56.7 Å². The minimum absolute atomic E-state index is 0.227. The summed E-state index contributed by atoms with van der Waals surface area (Å²) in [6.45, 7) is 3.55. The molecular weight excluding hydrogens is 405 g/mol. The predicted octanol–water partition coefficient (Wildman–Crippen LogP) is 2.88. The third-order valence-electron chi connectivity index (χ3n) is 5.55. The molecule has 2 heterocycles. The van der Waals surface area contributed by atoms with E-state index in [0.29, 0.717) is 6.04 Å². The van der Waals surface area contributed by atoms with Gasteiger partial charge >= 0.3 is 12.1 Å². The van der Waals surface area contributed by atoms with Crippen LogP contribution in [0.1, 0.15) is 31.2 Å². The second-order valence-electron chi connectivity index (χ2n) is 7.74. The quantitative estimate of drug-likeness (QED) is 0.740. The number of carboxylic acids is 1. The molecule has 2 aliphatic carbocycles. The molecule has 1 aromatic heterocycles. The van der Waals surface area contributed by atoms with E-state index in [9.17, 15) is 13.2 Å². The van der Waals surface area contributed by atoms with Crippen LogP contribution in [0.2, 0.25) is 0 Å². The largest absolute Gasteiger partial charge is 0.490 e. The highest BCUT2D eigenvalue weighted by molar-refractivity contribution is 5.73. The van der Waals surface area contributed by atoms with Gasteiger partial charge in [-0.3, -0.25) is 4.90 Å². The zero-order chi connectivity index (χ0) is 21.7. The van der Waals surface area contributed by atoms with Gasteiger partial charge in [0.15, 0.2) is 0 Å². The topological polar surface area (TPSA) is 81.1 Å². The number of fused-ring (bicyclic) bond motifs is 1. The molecule has 4 rings (SSSR count). The average Bonchev–Trinajstić information content (AvgIpc) is 3.45.